The van der Waals surface area contributed by atoms with Crippen molar-refractivity contribution in [2.75, 3.05) is 19.6 Å². The SMILES string of the molecule is CC(C)NC(=O)c1nc(Cl)c(C(=O)NC[C@@H](C)C(=O)N[C@@H]2C(=O)N3CCCN3Cc3ccccc32)s1. The van der Waals surface area contributed by atoms with Crippen molar-refractivity contribution < 1.29 is 19.2 Å². The molecule has 3 heterocycles. The maximum atomic E-state index is 13.3. The highest BCUT2D eigenvalue weighted by Gasteiger charge is 2.38. The number of nitrogens with one attached hydrogen (secondary N) is 3. The highest BCUT2D eigenvalue weighted by atomic mass is 35.5. The van der Waals surface area contributed by atoms with Crippen LogP contribution in [0.25, 0.3) is 0 Å². The van der Waals surface area contributed by atoms with E-state index < -0.39 is 23.8 Å². The predicted molar refractivity (Wildman–Crippen MR) is 135 cm³/mol. The molecule has 2 aromatic rings. The first-order chi connectivity index (χ1) is 17.2. The summed E-state index contributed by atoms with van der Waals surface area (Å²) in [5.74, 6) is -2.07. The Morgan fingerprint density at radius 3 is 2.67 bits per heavy atom. The molecule has 2 aliphatic heterocycles. The van der Waals surface area contributed by atoms with Crippen LogP contribution < -0.4 is 16.0 Å². The average molecular weight is 533 g/mol. The number of hydrazine groups is 1. The van der Waals surface area contributed by atoms with Crippen molar-refractivity contribution in [2.24, 2.45) is 5.92 Å². The van der Waals surface area contributed by atoms with E-state index >= 15 is 0 Å². The molecule has 2 aliphatic rings. The van der Waals surface area contributed by atoms with Gasteiger partial charge in [0.2, 0.25) is 5.91 Å². The number of fused-ring (bicyclic) bond motifs is 2. The second-order valence-electron chi connectivity index (χ2n) is 9.22. The number of aromatic nitrogens is 1. The van der Waals surface area contributed by atoms with Crippen LogP contribution in [0, 0.1) is 5.92 Å². The number of hydrogen-bond acceptors (Lipinski definition) is 7. The van der Waals surface area contributed by atoms with Crippen molar-refractivity contribution in [3.8, 4) is 0 Å². The van der Waals surface area contributed by atoms with Gasteiger partial charge < -0.3 is 16.0 Å². The van der Waals surface area contributed by atoms with Gasteiger partial charge >= 0.3 is 0 Å². The lowest BCUT2D eigenvalue weighted by molar-refractivity contribution is -0.148. The van der Waals surface area contributed by atoms with Crippen molar-refractivity contribution in [2.45, 2.75) is 45.8 Å². The van der Waals surface area contributed by atoms with Crippen LogP contribution in [0.4, 0.5) is 0 Å². The number of thiazole rings is 1. The van der Waals surface area contributed by atoms with Crippen LogP contribution in [0.15, 0.2) is 24.3 Å². The molecule has 3 N–H and O–H groups in total. The smallest absolute Gasteiger partial charge is 0.280 e. The fourth-order valence-corrected chi connectivity index (χ4v) is 5.34. The molecule has 0 spiro atoms. The monoisotopic (exact) mass is 532 g/mol. The Hall–Kier alpha value is -3.02. The lowest BCUT2D eigenvalue weighted by Gasteiger charge is -2.28. The number of hydrogen-bond donors (Lipinski definition) is 3. The fourth-order valence-electron chi connectivity index (χ4n) is 4.22. The first-order valence-electron chi connectivity index (χ1n) is 11.9. The van der Waals surface area contributed by atoms with E-state index in [-0.39, 0.29) is 39.4 Å². The molecule has 1 aromatic heterocycles. The van der Waals surface area contributed by atoms with Gasteiger partial charge in [-0.25, -0.2) is 9.99 Å². The summed E-state index contributed by atoms with van der Waals surface area (Å²) in [4.78, 5) is 55.3. The first-order valence-corrected chi connectivity index (χ1v) is 13.0. The van der Waals surface area contributed by atoms with E-state index in [9.17, 15) is 19.2 Å². The highest BCUT2D eigenvalue weighted by Crippen LogP contribution is 2.30. The maximum Gasteiger partial charge on any atom is 0.280 e. The van der Waals surface area contributed by atoms with E-state index in [1.165, 1.54) is 0 Å². The minimum atomic E-state index is -0.798. The minimum Gasteiger partial charge on any atom is -0.350 e. The summed E-state index contributed by atoms with van der Waals surface area (Å²) in [6.45, 7) is 7.35. The van der Waals surface area contributed by atoms with E-state index in [0.29, 0.717) is 13.1 Å². The molecule has 1 aromatic carbocycles. The number of nitrogens with zero attached hydrogens (tertiary/aromatic N) is 3. The Labute approximate surface area is 218 Å². The van der Waals surface area contributed by atoms with Gasteiger partial charge in [-0.2, -0.15) is 0 Å². The summed E-state index contributed by atoms with van der Waals surface area (Å²) in [7, 11) is 0. The number of rotatable bonds is 7. The van der Waals surface area contributed by atoms with Crippen LogP contribution in [0.2, 0.25) is 5.15 Å². The van der Waals surface area contributed by atoms with Gasteiger partial charge in [0.25, 0.3) is 17.7 Å². The summed E-state index contributed by atoms with van der Waals surface area (Å²) < 4.78 is 0. The zero-order valence-electron chi connectivity index (χ0n) is 20.3. The highest BCUT2D eigenvalue weighted by molar-refractivity contribution is 7.16. The maximum absolute atomic E-state index is 13.3. The number of benzene rings is 1. The van der Waals surface area contributed by atoms with E-state index in [1.54, 1.807) is 11.9 Å². The van der Waals surface area contributed by atoms with Gasteiger partial charge in [-0.1, -0.05) is 42.8 Å². The van der Waals surface area contributed by atoms with Gasteiger partial charge in [-0.15, -0.1) is 11.3 Å². The lowest BCUT2D eigenvalue weighted by atomic mass is 9.99. The Morgan fingerprint density at radius 2 is 1.92 bits per heavy atom. The van der Waals surface area contributed by atoms with Crippen molar-refractivity contribution in [3.63, 3.8) is 0 Å². The molecular weight excluding hydrogens is 504 g/mol. The normalized spacial score (nSPS) is 18.3. The molecule has 10 nitrogen and oxygen atoms in total. The predicted octanol–water partition coefficient (Wildman–Crippen LogP) is 2.12. The molecule has 0 aliphatic carbocycles. The Bertz CT molecular complexity index is 1190. The van der Waals surface area contributed by atoms with Crippen LogP contribution in [0.5, 0.6) is 0 Å². The first kappa shape index (κ1) is 26.1. The average Bonchev–Trinajstić information content (AvgIpc) is 3.44. The molecule has 4 rings (SSSR count). The molecule has 0 saturated carbocycles. The second-order valence-corrected chi connectivity index (χ2v) is 10.6. The van der Waals surface area contributed by atoms with Gasteiger partial charge in [0.05, 0.1) is 5.92 Å². The summed E-state index contributed by atoms with van der Waals surface area (Å²) in [6, 6.07) is 6.74. The minimum absolute atomic E-state index is 0.0187. The molecule has 36 heavy (non-hydrogen) atoms. The van der Waals surface area contributed by atoms with Crippen LogP contribution >= 0.6 is 22.9 Å². The molecule has 0 radical (unpaired) electrons. The van der Waals surface area contributed by atoms with Gasteiger partial charge in [-0.05, 0) is 31.4 Å². The van der Waals surface area contributed by atoms with Crippen molar-refractivity contribution >= 4 is 46.6 Å². The zero-order valence-corrected chi connectivity index (χ0v) is 21.9. The van der Waals surface area contributed by atoms with E-state index in [2.05, 4.69) is 20.9 Å². The molecule has 4 amide bonds. The summed E-state index contributed by atoms with van der Waals surface area (Å²) in [5.41, 5.74) is 1.78. The van der Waals surface area contributed by atoms with E-state index in [0.717, 1.165) is 35.4 Å². The quantitative estimate of drug-likeness (QED) is 0.502. The fraction of sp³-hybridized carbons (Fsp3) is 0.458. The van der Waals surface area contributed by atoms with Crippen molar-refractivity contribution in [1.29, 1.82) is 0 Å². The van der Waals surface area contributed by atoms with Crippen molar-refractivity contribution in [1.82, 2.24) is 31.0 Å². The standard InChI is InChI=1S/C24H29ClN6O4S/c1-13(2)27-22(34)23-29-19(25)18(36-23)21(33)26-11-14(3)20(32)28-17-16-8-5-4-7-15(16)12-30-9-6-10-31(30)24(17)35/h4-5,7-8,13-14,17H,6,9-12H2,1-3H3,(H,26,33)(H,27,34)(H,28,32)/t14-,17+/m1/s1. The third-order valence-corrected chi connectivity index (χ3v) is 7.50. The van der Waals surface area contributed by atoms with Crippen LogP contribution in [-0.4, -0.2) is 64.3 Å². The summed E-state index contributed by atoms with van der Waals surface area (Å²) in [6.07, 6.45) is 0.887. The largest absolute Gasteiger partial charge is 0.350 e. The zero-order chi connectivity index (χ0) is 26.0. The van der Waals surface area contributed by atoms with Crippen LogP contribution in [0.1, 0.15) is 63.8 Å². The Balaban J connectivity index is 1.40. The summed E-state index contributed by atoms with van der Waals surface area (Å²) in [5, 5.41) is 12.0. The van der Waals surface area contributed by atoms with Gasteiger partial charge in [-0.3, -0.25) is 24.2 Å². The molecule has 2 atom stereocenters. The lowest BCUT2D eigenvalue weighted by Crippen LogP contribution is -2.47. The topological polar surface area (TPSA) is 124 Å². The molecule has 0 bridgehead atoms. The van der Waals surface area contributed by atoms with Crippen LogP contribution in [-0.2, 0) is 16.1 Å². The molecule has 0 unspecified atom stereocenters. The molecule has 12 heteroatoms. The van der Waals surface area contributed by atoms with Crippen LogP contribution in [0.3, 0.4) is 0 Å². The Kier molecular flexibility index (Phi) is 7.91. The molecule has 1 saturated heterocycles. The Morgan fingerprint density at radius 1 is 1.17 bits per heavy atom. The van der Waals surface area contributed by atoms with Gasteiger partial charge in [0.1, 0.15) is 10.9 Å². The number of halogens is 1. The molecule has 192 valence electrons. The number of carbonyl (C=O) groups is 4. The van der Waals surface area contributed by atoms with Gasteiger partial charge in [0.15, 0.2) is 10.2 Å². The van der Waals surface area contributed by atoms with E-state index in [4.69, 9.17) is 11.6 Å². The van der Waals surface area contributed by atoms with Crippen molar-refractivity contribution in [3.05, 3.63) is 50.4 Å². The third-order valence-electron chi connectivity index (χ3n) is 6.06. The third kappa shape index (κ3) is 5.53. The number of carbonyl (C=O) groups excluding carboxylic acids is 4. The summed E-state index contributed by atoms with van der Waals surface area (Å²) >= 11 is 6.97. The second kappa shape index (κ2) is 10.9. The van der Waals surface area contributed by atoms with E-state index in [1.807, 2.05) is 43.1 Å². The van der Waals surface area contributed by atoms with Gasteiger partial charge in [0, 0.05) is 32.2 Å². The molecular formula is C24H29ClN6O4S. The number of amides is 4. The molecule has 1 fully saturated rings.